The fraction of sp³-hybridized carbons (Fsp3) is 0.375. The van der Waals surface area contributed by atoms with Gasteiger partial charge in [-0.1, -0.05) is 48.4 Å². The molecule has 0 aliphatic heterocycles. The maximum atomic E-state index is 9.49. The molecule has 1 aliphatic rings. The normalized spacial score (nSPS) is 13.2. The maximum Gasteiger partial charge on any atom is 0.404 e. The second kappa shape index (κ2) is 11.2. The molecule has 4 rings (SSSR count). The largest absolute Gasteiger partial charge is 0.493 e. The molecular formula is C24H30N4O4. The Morgan fingerprint density at radius 1 is 1.03 bits per heavy atom. The zero-order chi connectivity index (χ0) is 22.9. The number of methoxy groups -OCH3 is 2. The number of carboxylic acid groups (broad SMARTS) is 1. The molecule has 2 aromatic carbocycles. The summed E-state index contributed by atoms with van der Waals surface area (Å²) in [6.45, 7) is 2.21. The molecule has 170 valence electrons. The quantitative estimate of drug-likeness (QED) is 0.561. The van der Waals surface area contributed by atoms with Crippen LogP contribution in [-0.2, 0) is 0 Å². The van der Waals surface area contributed by atoms with Gasteiger partial charge < -0.3 is 19.9 Å². The van der Waals surface area contributed by atoms with E-state index in [9.17, 15) is 4.79 Å². The summed E-state index contributed by atoms with van der Waals surface area (Å²) in [6.07, 6.45) is 5.85. The van der Waals surface area contributed by atoms with Gasteiger partial charge in [0.05, 0.1) is 32.2 Å². The zero-order valence-corrected chi connectivity index (χ0v) is 18.7. The third-order valence-electron chi connectivity index (χ3n) is 5.47. The molecule has 1 aromatic heterocycles. The van der Waals surface area contributed by atoms with Gasteiger partial charge >= 0.3 is 6.09 Å². The maximum absolute atomic E-state index is 9.49. The van der Waals surface area contributed by atoms with E-state index in [1.54, 1.807) is 21.1 Å². The Balaban J connectivity index is 0.000000427. The Hall–Kier alpha value is -3.55. The summed E-state index contributed by atoms with van der Waals surface area (Å²) in [7, 11) is 3.30. The van der Waals surface area contributed by atoms with E-state index in [2.05, 4.69) is 44.6 Å². The highest BCUT2D eigenvalue weighted by Gasteiger charge is 2.21. The molecule has 1 fully saturated rings. The first-order chi connectivity index (χ1) is 15.6. The second-order valence-electron chi connectivity index (χ2n) is 7.48. The van der Waals surface area contributed by atoms with Crippen molar-refractivity contribution in [3.63, 3.8) is 0 Å². The van der Waals surface area contributed by atoms with Crippen molar-refractivity contribution >= 4 is 6.09 Å². The van der Waals surface area contributed by atoms with Crippen LogP contribution in [0.1, 0.15) is 38.6 Å². The zero-order valence-electron chi connectivity index (χ0n) is 18.7. The van der Waals surface area contributed by atoms with E-state index in [1.807, 2.05) is 24.4 Å². The number of hydrogen-bond donors (Lipinski definition) is 2. The molecule has 0 unspecified atom stereocenters. The van der Waals surface area contributed by atoms with Crippen LogP contribution < -0.4 is 14.8 Å². The number of rotatable bonds is 6. The van der Waals surface area contributed by atoms with Gasteiger partial charge in [-0.3, -0.25) is 0 Å². The molecule has 2 N–H and O–H groups in total. The first kappa shape index (κ1) is 23.1. The summed E-state index contributed by atoms with van der Waals surface area (Å²) >= 11 is 0. The average molecular weight is 439 g/mol. The lowest BCUT2D eigenvalue weighted by molar-refractivity contribution is 0.195. The van der Waals surface area contributed by atoms with Crippen molar-refractivity contribution in [2.45, 2.75) is 38.6 Å². The van der Waals surface area contributed by atoms with Crippen molar-refractivity contribution in [3.8, 4) is 33.9 Å². The SMILES string of the molecule is CCNC(=O)O.COc1ccc(-c2ccc(-c3cnnn3C3CCCC3)cc2)cc1OC. The van der Waals surface area contributed by atoms with Crippen LogP contribution in [0.3, 0.4) is 0 Å². The van der Waals surface area contributed by atoms with Gasteiger partial charge in [0, 0.05) is 12.1 Å². The van der Waals surface area contributed by atoms with Crippen LogP contribution in [0, 0.1) is 0 Å². The smallest absolute Gasteiger partial charge is 0.404 e. The van der Waals surface area contributed by atoms with Crippen molar-refractivity contribution < 1.29 is 19.4 Å². The lowest BCUT2D eigenvalue weighted by atomic mass is 10.0. The van der Waals surface area contributed by atoms with E-state index in [-0.39, 0.29) is 0 Å². The van der Waals surface area contributed by atoms with E-state index in [4.69, 9.17) is 14.6 Å². The van der Waals surface area contributed by atoms with Crippen LogP contribution >= 0.6 is 0 Å². The number of ether oxygens (including phenoxy) is 2. The Kier molecular flexibility index (Phi) is 8.08. The molecular weight excluding hydrogens is 408 g/mol. The Bertz CT molecular complexity index is 1010. The third kappa shape index (κ3) is 5.57. The van der Waals surface area contributed by atoms with Crippen molar-refractivity contribution in [2.75, 3.05) is 20.8 Å². The van der Waals surface area contributed by atoms with Gasteiger partial charge in [0.15, 0.2) is 11.5 Å². The molecule has 32 heavy (non-hydrogen) atoms. The van der Waals surface area contributed by atoms with Crippen LogP contribution in [-0.4, -0.2) is 47.0 Å². The minimum Gasteiger partial charge on any atom is -0.493 e. The molecule has 0 radical (unpaired) electrons. The molecule has 1 heterocycles. The van der Waals surface area contributed by atoms with Crippen LogP contribution in [0.5, 0.6) is 11.5 Å². The van der Waals surface area contributed by atoms with Crippen LogP contribution in [0.4, 0.5) is 4.79 Å². The first-order valence-electron chi connectivity index (χ1n) is 10.8. The van der Waals surface area contributed by atoms with E-state index in [0.717, 1.165) is 33.9 Å². The number of nitrogens with zero attached hydrogens (tertiary/aromatic N) is 3. The summed E-state index contributed by atoms with van der Waals surface area (Å²) in [5, 5.41) is 18.4. The molecule has 3 aromatic rings. The van der Waals surface area contributed by atoms with Gasteiger partial charge in [0.2, 0.25) is 0 Å². The number of amides is 1. The van der Waals surface area contributed by atoms with Gasteiger partial charge in [-0.05, 0) is 43.0 Å². The third-order valence-corrected chi connectivity index (χ3v) is 5.47. The topological polar surface area (TPSA) is 98.5 Å². The van der Waals surface area contributed by atoms with Gasteiger partial charge in [0.1, 0.15) is 0 Å². The molecule has 1 saturated carbocycles. The average Bonchev–Trinajstić information content (AvgIpc) is 3.51. The first-order valence-corrected chi connectivity index (χ1v) is 10.8. The summed E-state index contributed by atoms with van der Waals surface area (Å²) in [6, 6.07) is 15.0. The number of aromatic nitrogens is 3. The van der Waals surface area contributed by atoms with Gasteiger partial charge in [-0.15, -0.1) is 5.10 Å². The number of carbonyl (C=O) groups is 1. The van der Waals surface area contributed by atoms with Gasteiger partial charge in [-0.25, -0.2) is 9.48 Å². The summed E-state index contributed by atoms with van der Waals surface area (Å²) in [5.74, 6) is 1.47. The minimum atomic E-state index is -0.961. The molecule has 8 nitrogen and oxygen atoms in total. The molecule has 1 amide bonds. The van der Waals surface area contributed by atoms with Crippen molar-refractivity contribution in [1.29, 1.82) is 0 Å². The molecule has 0 spiro atoms. The molecule has 0 atom stereocenters. The highest BCUT2D eigenvalue weighted by atomic mass is 16.5. The van der Waals surface area contributed by atoms with Crippen molar-refractivity contribution in [3.05, 3.63) is 48.7 Å². The second-order valence-corrected chi connectivity index (χ2v) is 7.48. The minimum absolute atomic E-state index is 0.481. The Labute approximate surface area is 188 Å². The standard InChI is InChI=1S/C21H23N3O2.C3H7NO2/c1-25-20-12-11-17(13-21(20)26-2)15-7-9-16(10-8-15)19-14-22-23-24(19)18-5-3-4-6-18;1-2-4-3(5)6/h7-14,18H,3-6H2,1-2H3;4H,2H2,1H3,(H,5,6). The Morgan fingerprint density at radius 3 is 2.22 bits per heavy atom. The van der Waals surface area contributed by atoms with Gasteiger partial charge in [-0.2, -0.15) is 0 Å². The van der Waals surface area contributed by atoms with Crippen molar-refractivity contribution in [2.24, 2.45) is 0 Å². The predicted octanol–water partition coefficient (Wildman–Crippen LogP) is 5.02. The van der Waals surface area contributed by atoms with Crippen LogP contribution in [0.15, 0.2) is 48.7 Å². The monoisotopic (exact) mass is 438 g/mol. The fourth-order valence-corrected chi connectivity index (χ4v) is 3.87. The summed E-state index contributed by atoms with van der Waals surface area (Å²) in [5.41, 5.74) is 4.47. The predicted molar refractivity (Wildman–Crippen MR) is 123 cm³/mol. The number of nitrogens with one attached hydrogen (secondary N) is 1. The van der Waals surface area contributed by atoms with E-state index < -0.39 is 6.09 Å². The fourth-order valence-electron chi connectivity index (χ4n) is 3.87. The van der Waals surface area contributed by atoms with Gasteiger partial charge in [0.25, 0.3) is 0 Å². The molecule has 8 heteroatoms. The lowest BCUT2D eigenvalue weighted by Gasteiger charge is -2.13. The summed E-state index contributed by atoms with van der Waals surface area (Å²) < 4.78 is 12.8. The highest BCUT2D eigenvalue weighted by Crippen LogP contribution is 2.35. The summed E-state index contributed by atoms with van der Waals surface area (Å²) in [4.78, 5) is 9.49. The number of benzene rings is 2. The van der Waals surface area contributed by atoms with E-state index in [1.165, 1.54) is 25.7 Å². The Morgan fingerprint density at radius 2 is 1.66 bits per heavy atom. The molecule has 0 saturated heterocycles. The van der Waals surface area contributed by atoms with E-state index >= 15 is 0 Å². The van der Waals surface area contributed by atoms with Crippen molar-refractivity contribution in [1.82, 2.24) is 20.3 Å². The lowest BCUT2D eigenvalue weighted by Crippen LogP contribution is -2.19. The molecule has 1 aliphatic carbocycles. The van der Waals surface area contributed by atoms with E-state index in [0.29, 0.717) is 12.6 Å². The number of hydrogen-bond acceptors (Lipinski definition) is 5. The van der Waals surface area contributed by atoms with Crippen LogP contribution in [0.25, 0.3) is 22.4 Å². The van der Waals surface area contributed by atoms with Crippen LogP contribution in [0.2, 0.25) is 0 Å². The molecule has 0 bridgehead atoms. The highest BCUT2D eigenvalue weighted by molar-refractivity contribution is 5.70.